The van der Waals surface area contributed by atoms with E-state index in [-0.39, 0.29) is 12.2 Å². The van der Waals surface area contributed by atoms with Crippen molar-refractivity contribution in [1.29, 1.82) is 0 Å². The maximum atomic E-state index is 14.1. The largest absolute Gasteiger partial charge is 0.490 e. The van der Waals surface area contributed by atoms with E-state index in [1.165, 1.54) is 11.8 Å². The van der Waals surface area contributed by atoms with Crippen LogP contribution >= 0.6 is 23.2 Å². The highest BCUT2D eigenvalue weighted by Gasteiger charge is 2.15. The summed E-state index contributed by atoms with van der Waals surface area (Å²) in [4.78, 5) is 2.31. The molecule has 180 valence electrons. The number of ether oxygens (including phenoxy) is 3. The molecule has 0 bridgehead atoms. The van der Waals surface area contributed by atoms with Crippen LogP contribution in [0.25, 0.3) is 0 Å². The molecule has 1 heterocycles. The number of hydrogen-bond acceptors (Lipinski definition) is 5. The Kier molecular flexibility index (Phi) is 8.38. The van der Waals surface area contributed by atoms with Crippen molar-refractivity contribution in [3.8, 4) is 11.5 Å². The van der Waals surface area contributed by atoms with E-state index in [0.29, 0.717) is 34.7 Å². The maximum Gasteiger partial charge on any atom is 0.163 e. The molecule has 1 N–H and O–H groups in total. The summed E-state index contributed by atoms with van der Waals surface area (Å²) >= 11 is 12.7. The molecule has 5 nitrogen and oxygen atoms in total. The van der Waals surface area contributed by atoms with E-state index in [4.69, 9.17) is 37.4 Å². The van der Waals surface area contributed by atoms with Crippen molar-refractivity contribution in [1.82, 2.24) is 0 Å². The van der Waals surface area contributed by atoms with Crippen LogP contribution in [0.5, 0.6) is 11.5 Å². The number of hydrogen-bond donors (Lipinski definition) is 1. The smallest absolute Gasteiger partial charge is 0.163 e. The molecule has 3 aromatic carbocycles. The summed E-state index contributed by atoms with van der Waals surface area (Å²) < 4.78 is 31.1. The number of benzene rings is 3. The minimum Gasteiger partial charge on any atom is -0.490 e. The van der Waals surface area contributed by atoms with Gasteiger partial charge in [0.1, 0.15) is 12.4 Å². The monoisotopic (exact) mass is 504 g/mol. The second-order valence-corrected chi connectivity index (χ2v) is 8.63. The van der Waals surface area contributed by atoms with Crippen LogP contribution in [0, 0.1) is 5.82 Å². The van der Waals surface area contributed by atoms with E-state index in [2.05, 4.69) is 34.5 Å². The third-order valence-electron chi connectivity index (χ3n) is 5.57. The van der Waals surface area contributed by atoms with Gasteiger partial charge in [0.25, 0.3) is 0 Å². The van der Waals surface area contributed by atoms with Crippen molar-refractivity contribution in [2.45, 2.75) is 20.1 Å². The summed E-state index contributed by atoms with van der Waals surface area (Å²) in [5, 5.41) is 4.24. The van der Waals surface area contributed by atoms with Gasteiger partial charge in [-0.2, -0.15) is 0 Å². The minimum atomic E-state index is -0.419. The molecule has 1 fully saturated rings. The van der Waals surface area contributed by atoms with Crippen molar-refractivity contribution in [2.75, 3.05) is 43.1 Å². The number of nitrogens with one attached hydrogen (secondary N) is 1. The zero-order valence-electron chi connectivity index (χ0n) is 19.0. The molecule has 34 heavy (non-hydrogen) atoms. The molecule has 0 atom stereocenters. The Morgan fingerprint density at radius 2 is 1.71 bits per heavy atom. The lowest BCUT2D eigenvalue weighted by molar-refractivity contribution is 0.122. The highest BCUT2D eigenvalue weighted by molar-refractivity contribution is 6.31. The fourth-order valence-electron chi connectivity index (χ4n) is 3.72. The van der Waals surface area contributed by atoms with Crippen LogP contribution in [-0.4, -0.2) is 32.9 Å². The Hall–Kier alpha value is -2.67. The quantitative estimate of drug-likeness (QED) is 0.357. The van der Waals surface area contributed by atoms with Gasteiger partial charge < -0.3 is 24.4 Å². The van der Waals surface area contributed by atoms with E-state index in [0.717, 1.165) is 37.6 Å². The summed E-state index contributed by atoms with van der Waals surface area (Å²) in [6.07, 6.45) is 0. The second-order valence-electron chi connectivity index (χ2n) is 7.81. The lowest BCUT2D eigenvalue weighted by Gasteiger charge is -2.29. The van der Waals surface area contributed by atoms with E-state index >= 15 is 0 Å². The standard InChI is InChI=1S/C26H27Cl2FN2O3/c1-2-33-25-14-18(16-30-19-6-8-20(9-7-19)31-10-12-32-13-11-31)23(28)15-26(25)34-17-21-22(27)4-3-5-24(21)29/h3-9,14-15,30H,2,10-13,16-17H2,1H3. The van der Waals surface area contributed by atoms with Gasteiger partial charge in [-0.15, -0.1) is 0 Å². The number of nitrogens with zero attached hydrogens (tertiary/aromatic N) is 1. The molecule has 0 spiro atoms. The van der Waals surface area contributed by atoms with Crippen LogP contribution in [0.4, 0.5) is 15.8 Å². The van der Waals surface area contributed by atoms with E-state index in [1.54, 1.807) is 18.2 Å². The van der Waals surface area contributed by atoms with Crippen molar-refractivity contribution < 1.29 is 18.6 Å². The fourth-order valence-corrected chi connectivity index (χ4v) is 4.16. The van der Waals surface area contributed by atoms with E-state index < -0.39 is 5.82 Å². The van der Waals surface area contributed by atoms with Crippen LogP contribution < -0.4 is 19.7 Å². The zero-order chi connectivity index (χ0) is 23.9. The summed E-state index contributed by atoms with van der Waals surface area (Å²) in [6, 6.07) is 16.4. The molecule has 1 aliphatic heterocycles. The van der Waals surface area contributed by atoms with Crippen molar-refractivity contribution in [3.05, 3.63) is 81.6 Å². The van der Waals surface area contributed by atoms with Gasteiger partial charge in [0, 0.05) is 47.7 Å². The lowest BCUT2D eigenvalue weighted by atomic mass is 10.1. The van der Waals surface area contributed by atoms with Gasteiger partial charge in [-0.1, -0.05) is 29.3 Å². The molecule has 3 aromatic rings. The van der Waals surface area contributed by atoms with Crippen LogP contribution in [0.3, 0.4) is 0 Å². The number of halogens is 3. The highest BCUT2D eigenvalue weighted by Crippen LogP contribution is 2.35. The van der Waals surface area contributed by atoms with Crippen molar-refractivity contribution in [2.24, 2.45) is 0 Å². The Morgan fingerprint density at radius 1 is 0.971 bits per heavy atom. The van der Waals surface area contributed by atoms with Crippen LogP contribution in [-0.2, 0) is 17.9 Å². The summed E-state index contributed by atoms with van der Waals surface area (Å²) in [5.41, 5.74) is 3.31. The first-order chi connectivity index (χ1) is 16.5. The van der Waals surface area contributed by atoms with E-state index in [1.807, 2.05) is 13.0 Å². The number of morpholine rings is 1. The Bertz CT molecular complexity index is 1090. The Labute approximate surface area is 209 Å². The molecular weight excluding hydrogens is 478 g/mol. The highest BCUT2D eigenvalue weighted by atomic mass is 35.5. The molecule has 0 amide bonds. The normalized spacial score (nSPS) is 13.6. The fraction of sp³-hybridized carbons (Fsp3) is 0.308. The summed E-state index contributed by atoms with van der Waals surface area (Å²) in [7, 11) is 0. The predicted octanol–water partition coefficient (Wildman–Crippen LogP) is 6.56. The molecule has 4 rings (SSSR count). The molecule has 0 aromatic heterocycles. The van der Waals surface area contributed by atoms with Crippen LogP contribution in [0.1, 0.15) is 18.1 Å². The lowest BCUT2D eigenvalue weighted by Crippen LogP contribution is -2.36. The summed E-state index contributed by atoms with van der Waals surface area (Å²) in [6.45, 7) is 6.14. The minimum absolute atomic E-state index is 0.0327. The van der Waals surface area contributed by atoms with Gasteiger partial charge in [0.05, 0.1) is 24.8 Å². The Morgan fingerprint density at radius 3 is 2.41 bits per heavy atom. The first-order valence-electron chi connectivity index (χ1n) is 11.2. The van der Waals surface area contributed by atoms with Gasteiger partial charge in [-0.25, -0.2) is 4.39 Å². The number of rotatable bonds is 9. The first-order valence-corrected chi connectivity index (χ1v) is 12.0. The molecule has 0 radical (unpaired) electrons. The average molecular weight is 505 g/mol. The average Bonchev–Trinajstić information content (AvgIpc) is 2.85. The predicted molar refractivity (Wildman–Crippen MR) is 135 cm³/mol. The SMILES string of the molecule is CCOc1cc(CNc2ccc(N3CCOCC3)cc2)c(Cl)cc1OCc1c(F)cccc1Cl. The van der Waals surface area contributed by atoms with Gasteiger partial charge in [0.15, 0.2) is 11.5 Å². The molecule has 0 saturated carbocycles. The number of anilines is 2. The molecule has 8 heteroatoms. The van der Waals surface area contributed by atoms with Gasteiger partial charge in [-0.3, -0.25) is 0 Å². The summed E-state index contributed by atoms with van der Waals surface area (Å²) in [5.74, 6) is 0.556. The topological polar surface area (TPSA) is 43.0 Å². The zero-order valence-corrected chi connectivity index (χ0v) is 20.5. The molecular formula is C26H27Cl2FN2O3. The Balaban J connectivity index is 1.43. The first kappa shape index (κ1) is 24.5. The van der Waals surface area contributed by atoms with Crippen LogP contribution in [0.15, 0.2) is 54.6 Å². The maximum absolute atomic E-state index is 14.1. The molecule has 1 aliphatic rings. The molecule has 0 aliphatic carbocycles. The molecule has 1 saturated heterocycles. The van der Waals surface area contributed by atoms with Gasteiger partial charge in [-0.05, 0) is 55.0 Å². The van der Waals surface area contributed by atoms with Crippen molar-refractivity contribution in [3.63, 3.8) is 0 Å². The van der Waals surface area contributed by atoms with Gasteiger partial charge >= 0.3 is 0 Å². The van der Waals surface area contributed by atoms with Crippen molar-refractivity contribution >= 4 is 34.6 Å². The molecule has 0 unspecified atom stereocenters. The third-order valence-corrected chi connectivity index (χ3v) is 6.28. The van der Waals surface area contributed by atoms with Gasteiger partial charge in [0.2, 0.25) is 0 Å². The van der Waals surface area contributed by atoms with Crippen LogP contribution in [0.2, 0.25) is 10.0 Å². The third kappa shape index (κ3) is 6.06. The van der Waals surface area contributed by atoms with E-state index in [9.17, 15) is 4.39 Å². The second kappa shape index (κ2) is 11.6.